The number of fused-ring (bicyclic) bond motifs is 2. The number of ketones is 2. The molecular formula is C15H9NO4. The van der Waals surface area contributed by atoms with Gasteiger partial charge in [0.1, 0.15) is 0 Å². The number of hydrogen-bond donors (Lipinski definition) is 0. The van der Waals surface area contributed by atoms with Crippen molar-refractivity contribution >= 4 is 11.6 Å². The van der Waals surface area contributed by atoms with Crippen molar-refractivity contribution in [2.24, 2.45) is 0 Å². The Bertz CT molecular complexity index is 764. The lowest BCUT2D eigenvalue weighted by molar-refractivity contribution is -0.496. The highest BCUT2D eigenvalue weighted by molar-refractivity contribution is 6.28. The second-order valence-electron chi connectivity index (χ2n) is 4.57. The maximum atomic E-state index is 12.4. The van der Waals surface area contributed by atoms with Gasteiger partial charge >= 0.3 is 0 Å². The summed E-state index contributed by atoms with van der Waals surface area (Å²) in [6.07, 6.45) is 0. The number of carbonyl (C=O) groups is 2. The molecular weight excluding hydrogens is 258 g/mol. The Hall–Kier alpha value is -2.82. The van der Waals surface area contributed by atoms with Crippen molar-refractivity contribution in [3.63, 3.8) is 0 Å². The van der Waals surface area contributed by atoms with Crippen molar-refractivity contribution in [2.75, 3.05) is 0 Å². The van der Waals surface area contributed by atoms with Gasteiger partial charge < -0.3 is 0 Å². The van der Waals surface area contributed by atoms with Crippen molar-refractivity contribution < 1.29 is 14.5 Å². The van der Waals surface area contributed by atoms with Crippen LogP contribution in [0.3, 0.4) is 0 Å². The molecule has 0 spiro atoms. The minimum absolute atomic E-state index is 0.220. The third-order valence-electron chi connectivity index (χ3n) is 3.30. The lowest BCUT2D eigenvalue weighted by Crippen LogP contribution is -2.21. The van der Waals surface area contributed by atoms with Gasteiger partial charge in [-0.3, -0.25) is 19.7 Å². The van der Waals surface area contributed by atoms with Crippen LogP contribution < -0.4 is 0 Å². The van der Waals surface area contributed by atoms with E-state index in [0.29, 0.717) is 22.3 Å². The third kappa shape index (κ3) is 1.80. The largest absolute Gasteiger partial charge is 0.289 e. The molecule has 0 unspecified atom stereocenters. The zero-order valence-corrected chi connectivity index (χ0v) is 10.3. The first kappa shape index (κ1) is 12.2. The summed E-state index contributed by atoms with van der Waals surface area (Å²) in [5.74, 6) is -0.483. The van der Waals surface area contributed by atoms with E-state index >= 15 is 0 Å². The minimum Gasteiger partial charge on any atom is -0.289 e. The minimum atomic E-state index is -0.467. The van der Waals surface area contributed by atoms with Crippen molar-refractivity contribution in [2.45, 2.75) is 6.54 Å². The molecule has 0 radical (unpaired) electrons. The highest BCUT2D eigenvalue weighted by Gasteiger charge is 2.29. The molecule has 2 aromatic carbocycles. The summed E-state index contributed by atoms with van der Waals surface area (Å²) in [4.78, 5) is 34.7. The number of carbonyl (C=O) groups excluding carboxylic acids is 2. The Morgan fingerprint density at radius 3 is 2.00 bits per heavy atom. The maximum absolute atomic E-state index is 12.4. The number of benzene rings is 2. The summed E-state index contributed by atoms with van der Waals surface area (Å²) in [5, 5.41) is 10.5. The van der Waals surface area contributed by atoms with Gasteiger partial charge in [0, 0.05) is 32.7 Å². The molecule has 2 aromatic rings. The van der Waals surface area contributed by atoms with E-state index in [4.69, 9.17) is 0 Å². The van der Waals surface area contributed by atoms with Crippen LogP contribution in [0.25, 0.3) is 0 Å². The van der Waals surface area contributed by atoms with Gasteiger partial charge in [-0.25, -0.2) is 0 Å². The van der Waals surface area contributed by atoms with Crippen LogP contribution in [0.1, 0.15) is 37.4 Å². The van der Waals surface area contributed by atoms with Crippen LogP contribution in [-0.4, -0.2) is 16.5 Å². The summed E-state index contributed by atoms with van der Waals surface area (Å²) in [6.45, 7) is -0.365. The quantitative estimate of drug-likeness (QED) is 0.527. The molecule has 0 aliphatic heterocycles. The van der Waals surface area contributed by atoms with Crippen LogP contribution >= 0.6 is 0 Å². The van der Waals surface area contributed by atoms with Gasteiger partial charge in [0.15, 0.2) is 11.6 Å². The van der Waals surface area contributed by atoms with Crippen LogP contribution in [0, 0.1) is 10.1 Å². The zero-order valence-electron chi connectivity index (χ0n) is 10.3. The molecule has 0 aromatic heterocycles. The second kappa shape index (κ2) is 4.38. The van der Waals surface area contributed by atoms with E-state index in [1.54, 1.807) is 24.3 Å². The van der Waals surface area contributed by atoms with E-state index in [0.717, 1.165) is 0 Å². The molecule has 1 aliphatic carbocycles. The summed E-state index contributed by atoms with van der Waals surface area (Å²) in [6, 6.07) is 11.0. The first-order valence-corrected chi connectivity index (χ1v) is 6.01. The van der Waals surface area contributed by atoms with E-state index in [2.05, 4.69) is 0 Å². The van der Waals surface area contributed by atoms with Crippen molar-refractivity contribution in [3.05, 3.63) is 80.4 Å². The lowest BCUT2D eigenvalue weighted by Gasteiger charge is -2.17. The molecule has 0 heterocycles. The average Bonchev–Trinajstić information content (AvgIpc) is 2.44. The standard InChI is InChI=1S/C15H9NO4/c17-14-10-3-1-2-4-11(10)15(18)13-7-9(8-16(19)20)5-6-12(13)14/h1-7H,8H2. The van der Waals surface area contributed by atoms with E-state index < -0.39 is 4.92 Å². The molecule has 5 heteroatoms. The topological polar surface area (TPSA) is 77.3 Å². The first-order chi connectivity index (χ1) is 9.58. The van der Waals surface area contributed by atoms with Crippen LogP contribution in [0.2, 0.25) is 0 Å². The predicted octanol–water partition coefficient (Wildman–Crippen LogP) is 2.24. The highest BCUT2D eigenvalue weighted by Crippen LogP contribution is 2.27. The number of hydrogen-bond acceptors (Lipinski definition) is 4. The molecule has 98 valence electrons. The fourth-order valence-electron chi connectivity index (χ4n) is 2.39. The monoisotopic (exact) mass is 267 g/mol. The Morgan fingerprint density at radius 1 is 0.850 bits per heavy atom. The molecule has 0 atom stereocenters. The Morgan fingerprint density at radius 2 is 1.40 bits per heavy atom. The smallest absolute Gasteiger partial charge is 0.228 e. The van der Waals surface area contributed by atoms with Gasteiger partial charge in [-0.05, 0) is 12.1 Å². The van der Waals surface area contributed by atoms with Crippen molar-refractivity contribution in [1.82, 2.24) is 0 Å². The summed E-state index contributed by atoms with van der Waals surface area (Å²) < 4.78 is 0. The molecule has 0 N–H and O–H groups in total. The zero-order chi connectivity index (χ0) is 14.3. The third-order valence-corrected chi connectivity index (χ3v) is 3.30. The number of rotatable bonds is 2. The normalized spacial score (nSPS) is 12.8. The molecule has 5 nitrogen and oxygen atoms in total. The molecule has 0 saturated heterocycles. The maximum Gasteiger partial charge on any atom is 0.228 e. The van der Waals surface area contributed by atoms with Crippen LogP contribution in [0.4, 0.5) is 0 Å². The molecule has 3 rings (SSSR count). The van der Waals surface area contributed by atoms with Gasteiger partial charge in [-0.1, -0.05) is 30.3 Å². The van der Waals surface area contributed by atoms with Crippen molar-refractivity contribution in [3.8, 4) is 0 Å². The number of nitrogens with zero attached hydrogens (tertiary/aromatic N) is 1. The Labute approximate surface area is 114 Å². The lowest BCUT2D eigenvalue weighted by atomic mass is 9.83. The first-order valence-electron chi connectivity index (χ1n) is 6.01. The predicted molar refractivity (Wildman–Crippen MR) is 70.4 cm³/mol. The van der Waals surface area contributed by atoms with Gasteiger partial charge in [-0.15, -0.1) is 0 Å². The van der Waals surface area contributed by atoms with E-state index in [1.807, 2.05) is 0 Å². The van der Waals surface area contributed by atoms with Gasteiger partial charge in [0.05, 0.1) is 0 Å². The fraction of sp³-hybridized carbons (Fsp3) is 0.0667. The summed E-state index contributed by atoms with van der Waals surface area (Å²) in [7, 11) is 0. The summed E-state index contributed by atoms with van der Waals surface area (Å²) in [5.41, 5.74) is 1.69. The molecule has 0 saturated carbocycles. The molecule has 0 fully saturated rings. The van der Waals surface area contributed by atoms with E-state index in [-0.39, 0.29) is 23.7 Å². The van der Waals surface area contributed by atoms with Gasteiger partial charge in [-0.2, -0.15) is 0 Å². The van der Waals surface area contributed by atoms with E-state index in [9.17, 15) is 19.7 Å². The molecule has 0 amide bonds. The average molecular weight is 267 g/mol. The number of nitro groups is 1. The van der Waals surface area contributed by atoms with Crippen LogP contribution in [-0.2, 0) is 6.54 Å². The molecule has 0 bridgehead atoms. The SMILES string of the molecule is O=C1c2ccccc2C(=O)c2cc(C[N+](=O)[O-])ccc21. The Kier molecular flexibility index (Phi) is 2.68. The molecule has 1 aliphatic rings. The summed E-state index contributed by atoms with van der Waals surface area (Å²) >= 11 is 0. The van der Waals surface area contributed by atoms with E-state index in [1.165, 1.54) is 18.2 Å². The highest BCUT2D eigenvalue weighted by atomic mass is 16.6. The Balaban J connectivity index is 2.16. The van der Waals surface area contributed by atoms with Crippen LogP contribution in [0.15, 0.2) is 42.5 Å². The van der Waals surface area contributed by atoms with Crippen molar-refractivity contribution in [1.29, 1.82) is 0 Å². The van der Waals surface area contributed by atoms with Crippen LogP contribution in [0.5, 0.6) is 0 Å². The van der Waals surface area contributed by atoms with Gasteiger partial charge in [0.2, 0.25) is 6.54 Å². The van der Waals surface area contributed by atoms with Gasteiger partial charge in [0.25, 0.3) is 0 Å². The second-order valence-corrected chi connectivity index (χ2v) is 4.57. The molecule has 20 heavy (non-hydrogen) atoms. The fourth-order valence-corrected chi connectivity index (χ4v) is 2.39.